The molecule has 0 aliphatic carbocycles. The van der Waals surface area contributed by atoms with Crippen LogP contribution in [0.25, 0.3) is 21.9 Å². The molecule has 0 atom stereocenters. The molecule has 2 heterocycles. The number of thiazole rings is 1. The standard InChI is InChI=1S/C27H22FN2S2.HI/c1-29-22-7-3-5-9-24(22)31-26(29)17-13-20(19-11-15-21(28)16-12-19)14-18-27-30(2)23-8-4-6-10-25(23)32-27;/h3-18H,1-2H3;1H/q+1;/p-1. The van der Waals surface area contributed by atoms with Crippen molar-refractivity contribution in [2.45, 2.75) is 4.90 Å². The van der Waals surface area contributed by atoms with Crippen molar-refractivity contribution >= 4 is 50.7 Å². The van der Waals surface area contributed by atoms with Gasteiger partial charge < -0.3 is 28.9 Å². The highest BCUT2D eigenvalue weighted by atomic mass is 127. The molecular weight excluding hydrogens is 562 g/mol. The van der Waals surface area contributed by atoms with Gasteiger partial charge in [-0.15, -0.1) is 0 Å². The number of nitrogens with zero attached hydrogens (tertiary/aromatic N) is 2. The minimum Gasteiger partial charge on any atom is -1.00 e. The Morgan fingerprint density at radius 2 is 1.70 bits per heavy atom. The van der Waals surface area contributed by atoms with Crippen LogP contribution in [0.3, 0.4) is 0 Å². The van der Waals surface area contributed by atoms with Gasteiger partial charge in [0.2, 0.25) is 5.52 Å². The number of aromatic nitrogens is 1. The molecule has 4 aromatic rings. The molecule has 1 aromatic heterocycles. The third kappa shape index (κ3) is 4.93. The lowest BCUT2D eigenvalue weighted by Crippen LogP contribution is -3.00. The van der Waals surface area contributed by atoms with Gasteiger partial charge in [-0.05, 0) is 53.6 Å². The summed E-state index contributed by atoms with van der Waals surface area (Å²) in [6.07, 6.45) is 8.50. The van der Waals surface area contributed by atoms with Gasteiger partial charge >= 0.3 is 0 Å². The van der Waals surface area contributed by atoms with Crippen LogP contribution in [0.4, 0.5) is 10.1 Å². The quantitative estimate of drug-likeness (QED) is 0.203. The van der Waals surface area contributed by atoms with E-state index in [1.807, 2.05) is 12.1 Å². The first kappa shape index (κ1) is 23.7. The van der Waals surface area contributed by atoms with E-state index < -0.39 is 0 Å². The minimum absolute atomic E-state index is 0. The van der Waals surface area contributed by atoms with Crippen LogP contribution in [0.2, 0.25) is 0 Å². The van der Waals surface area contributed by atoms with Crippen LogP contribution in [0.1, 0.15) is 10.6 Å². The molecule has 1 aliphatic heterocycles. The Bertz CT molecular complexity index is 1390. The summed E-state index contributed by atoms with van der Waals surface area (Å²) in [7, 11) is 4.17. The first-order valence-electron chi connectivity index (χ1n) is 10.3. The number of hydrogen-bond acceptors (Lipinski definition) is 3. The fourth-order valence-corrected chi connectivity index (χ4v) is 5.85. The second-order valence-corrected chi connectivity index (χ2v) is 9.69. The number of para-hydroxylation sites is 2. The highest BCUT2D eigenvalue weighted by Gasteiger charge is 2.20. The van der Waals surface area contributed by atoms with Gasteiger partial charge in [0.15, 0.2) is 0 Å². The van der Waals surface area contributed by atoms with Crippen molar-refractivity contribution in [3.05, 3.63) is 112 Å². The molecule has 0 bridgehead atoms. The fraction of sp³-hybridized carbons (Fsp3) is 0.0741. The second kappa shape index (κ2) is 10.2. The molecule has 3 aromatic carbocycles. The molecule has 0 amide bonds. The maximum Gasteiger partial charge on any atom is 0.262 e. The Morgan fingerprint density at radius 1 is 0.970 bits per heavy atom. The smallest absolute Gasteiger partial charge is 0.262 e. The maximum atomic E-state index is 13.5. The molecule has 1 aliphatic rings. The summed E-state index contributed by atoms with van der Waals surface area (Å²) in [6, 6.07) is 23.5. The first-order valence-corrected chi connectivity index (χ1v) is 12.0. The lowest BCUT2D eigenvalue weighted by Gasteiger charge is -2.12. The predicted molar refractivity (Wildman–Crippen MR) is 135 cm³/mol. The van der Waals surface area contributed by atoms with E-state index in [1.165, 1.54) is 32.9 Å². The van der Waals surface area contributed by atoms with Gasteiger partial charge in [-0.25, -0.2) is 4.39 Å². The van der Waals surface area contributed by atoms with Gasteiger partial charge in [-0.1, -0.05) is 65.6 Å². The largest absolute Gasteiger partial charge is 1.00 e. The number of aryl methyl sites for hydroxylation is 1. The van der Waals surface area contributed by atoms with Crippen molar-refractivity contribution in [2.75, 3.05) is 11.9 Å². The van der Waals surface area contributed by atoms with E-state index in [0.717, 1.165) is 21.2 Å². The Kier molecular flexibility index (Phi) is 7.36. The number of benzene rings is 3. The monoisotopic (exact) mass is 584 g/mol. The van der Waals surface area contributed by atoms with E-state index in [4.69, 9.17) is 0 Å². The van der Waals surface area contributed by atoms with Crippen LogP contribution in [0, 0.1) is 5.82 Å². The first-order chi connectivity index (χ1) is 15.6. The zero-order valence-electron chi connectivity index (χ0n) is 18.2. The Morgan fingerprint density at radius 3 is 2.45 bits per heavy atom. The van der Waals surface area contributed by atoms with Gasteiger partial charge in [0.1, 0.15) is 17.6 Å². The molecule has 0 N–H and O–H groups in total. The Hall–Kier alpha value is -2.42. The topological polar surface area (TPSA) is 7.12 Å². The van der Waals surface area contributed by atoms with E-state index in [1.54, 1.807) is 23.1 Å². The van der Waals surface area contributed by atoms with Crippen molar-refractivity contribution < 1.29 is 32.9 Å². The number of halogens is 2. The second-order valence-electron chi connectivity index (χ2n) is 7.56. The highest BCUT2D eigenvalue weighted by Crippen LogP contribution is 2.44. The van der Waals surface area contributed by atoms with Gasteiger partial charge in [-0.3, -0.25) is 0 Å². The lowest BCUT2D eigenvalue weighted by molar-refractivity contribution is -0.642. The molecule has 0 radical (unpaired) electrons. The average Bonchev–Trinajstić information content (AvgIpc) is 3.31. The van der Waals surface area contributed by atoms with E-state index in [-0.39, 0.29) is 29.8 Å². The van der Waals surface area contributed by atoms with Crippen molar-refractivity contribution in [1.29, 1.82) is 0 Å². The molecular formula is C27H22FIN2S2. The summed E-state index contributed by atoms with van der Waals surface area (Å²) in [5.74, 6) is -0.229. The van der Waals surface area contributed by atoms with Crippen LogP contribution >= 0.6 is 23.1 Å². The van der Waals surface area contributed by atoms with E-state index in [0.29, 0.717) is 0 Å². The summed E-state index contributed by atoms with van der Waals surface area (Å²) < 4.78 is 17.0. The van der Waals surface area contributed by atoms with Crippen LogP contribution in [-0.4, -0.2) is 7.05 Å². The van der Waals surface area contributed by atoms with E-state index in [2.05, 4.69) is 96.4 Å². The normalized spacial score (nSPS) is 14.8. The number of anilines is 1. The van der Waals surface area contributed by atoms with E-state index >= 15 is 0 Å². The molecule has 0 fully saturated rings. The molecule has 0 spiro atoms. The Balaban J connectivity index is 0.00000259. The van der Waals surface area contributed by atoms with Gasteiger partial charge in [0.25, 0.3) is 5.01 Å². The number of allylic oxidation sites excluding steroid dienone is 4. The number of hydrogen-bond donors (Lipinski definition) is 0. The van der Waals surface area contributed by atoms with Crippen LogP contribution < -0.4 is 33.4 Å². The SMILES string of the molecule is CN1/C(=C/C=C(/C=C/c2sc3ccccc3[n+]2C)c2ccc(F)cc2)Sc2ccccc21.[I-]. The number of fused-ring (bicyclic) bond motifs is 2. The molecule has 166 valence electrons. The van der Waals surface area contributed by atoms with Crippen LogP contribution in [0.15, 0.2) is 101 Å². The Labute approximate surface area is 218 Å². The maximum absolute atomic E-state index is 13.5. The van der Waals surface area contributed by atoms with Crippen LogP contribution in [0.5, 0.6) is 0 Å². The summed E-state index contributed by atoms with van der Waals surface area (Å²) in [6.45, 7) is 0. The third-order valence-electron chi connectivity index (χ3n) is 5.53. The van der Waals surface area contributed by atoms with Gasteiger partial charge in [-0.2, -0.15) is 4.57 Å². The number of rotatable bonds is 4. The molecule has 5 rings (SSSR count). The zero-order chi connectivity index (χ0) is 22.1. The van der Waals surface area contributed by atoms with E-state index in [9.17, 15) is 4.39 Å². The molecule has 33 heavy (non-hydrogen) atoms. The highest BCUT2D eigenvalue weighted by molar-refractivity contribution is 8.03. The summed E-state index contributed by atoms with van der Waals surface area (Å²) in [5.41, 5.74) is 4.44. The third-order valence-corrected chi connectivity index (χ3v) is 7.90. The van der Waals surface area contributed by atoms with Gasteiger partial charge in [0, 0.05) is 24.1 Å². The average molecular weight is 585 g/mol. The van der Waals surface area contributed by atoms with Gasteiger partial charge in [0.05, 0.1) is 10.7 Å². The molecule has 2 nitrogen and oxygen atoms in total. The minimum atomic E-state index is -0.229. The zero-order valence-corrected chi connectivity index (χ0v) is 22.0. The molecule has 6 heteroatoms. The van der Waals surface area contributed by atoms with Crippen molar-refractivity contribution in [3.8, 4) is 0 Å². The van der Waals surface area contributed by atoms with Crippen LogP contribution in [-0.2, 0) is 7.05 Å². The predicted octanol–water partition coefficient (Wildman–Crippen LogP) is 4.05. The number of thioether (sulfide) groups is 1. The summed E-state index contributed by atoms with van der Waals surface area (Å²) in [5, 5.41) is 2.32. The lowest BCUT2D eigenvalue weighted by atomic mass is 10.0. The summed E-state index contributed by atoms with van der Waals surface area (Å²) >= 11 is 3.52. The summed E-state index contributed by atoms with van der Waals surface area (Å²) in [4.78, 5) is 3.46. The van der Waals surface area contributed by atoms with Crippen molar-refractivity contribution in [3.63, 3.8) is 0 Å². The molecule has 0 saturated carbocycles. The van der Waals surface area contributed by atoms with Crippen molar-refractivity contribution in [1.82, 2.24) is 0 Å². The molecule has 0 unspecified atom stereocenters. The fourth-order valence-electron chi connectivity index (χ4n) is 3.74. The molecule has 0 saturated heterocycles. The van der Waals surface area contributed by atoms with Crippen molar-refractivity contribution in [2.24, 2.45) is 7.05 Å².